The minimum Gasteiger partial charge on any atom is -0.508 e. The molecule has 1 heterocycles. The van der Waals surface area contributed by atoms with Gasteiger partial charge in [0.25, 0.3) is 5.91 Å². The van der Waals surface area contributed by atoms with Crippen LogP contribution in [0.5, 0.6) is 5.75 Å². The molecule has 2 N–H and O–H groups in total. The van der Waals surface area contributed by atoms with E-state index in [1.165, 1.54) is 12.1 Å². The Labute approximate surface area is 128 Å². The number of hydrogen-bond donors (Lipinski definition) is 2. The number of hydrogen-bond acceptors (Lipinski definition) is 4. The molecular weight excluding hydrogens is 282 g/mol. The van der Waals surface area contributed by atoms with E-state index in [-0.39, 0.29) is 23.5 Å². The van der Waals surface area contributed by atoms with Crippen molar-refractivity contribution in [2.24, 2.45) is 11.0 Å². The van der Waals surface area contributed by atoms with Gasteiger partial charge in [-0.15, -0.1) is 0 Å². The van der Waals surface area contributed by atoms with Crippen molar-refractivity contribution in [3.05, 3.63) is 29.8 Å². The highest BCUT2D eigenvalue weighted by Gasteiger charge is 2.34. The number of piperidine rings is 1. The van der Waals surface area contributed by atoms with E-state index in [4.69, 9.17) is 0 Å². The van der Waals surface area contributed by atoms with Crippen LogP contribution in [0.1, 0.15) is 36.0 Å². The van der Waals surface area contributed by atoms with Gasteiger partial charge in [-0.05, 0) is 31.0 Å². The van der Waals surface area contributed by atoms with Gasteiger partial charge in [0.15, 0.2) is 0 Å². The molecular formula is C16H19N3O3. The topological polar surface area (TPSA) is 82.0 Å². The molecule has 0 unspecified atom stereocenters. The number of hydrazone groups is 1. The average molecular weight is 301 g/mol. The zero-order valence-electron chi connectivity index (χ0n) is 12.3. The first kappa shape index (κ1) is 14.6. The first-order valence-corrected chi connectivity index (χ1v) is 7.57. The number of phenolic OH excluding ortho intramolecular Hbond substituents is 1. The monoisotopic (exact) mass is 301 g/mol. The van der Waals surface area contributed by atoms with Gasteiger partial charge >= 0.3 is 0 Å². The maximum atomic E-state index is 11.9. The van der Waals surface area contributed by atoms with Crippen molar-refractivity contribution in [1.29, 1.82) is 0 Å². The fourth-order valence-electron chi connectivity index (χ4n) is 2.53. The molecule has 0 radical (unpaired) electrons. The summed E-state index contributed by atoms with van der Waals surface area (Å²) in [6, 6.07) is 6.13. The van der Waals surface area contributed by atoms with Crippen LogP contribution in [-0.4, -0.2) is 40.6 Å². The highest BCUT2D eigenvalue weighted by Crippen LogP contribution is 2.31. The molecule has 0 spiro atoms. The number of aromatic hydroxyl groups is 1. The minimum absolute atomic E-state index is 0.0483. The summed E-state index contributed by atoms with van der Waals surface area (Å²) in [5, 5.41) is 13.5. The van der Waals surface area contributed by atoms with Crippen molar-refractivity contribution in [2.45, 2.75) is 25.7 Å². The summed E-state index contributed by atoms with van der Waals surface area (Å²) < 4.78 is 0. The number of benzene rings is 1. The first-order chi connectivity index (χ1) is 10.6. The van der Waals surface area contributed by atoms with Gasteiger partial charge in [-0.1, -0.05) is 6.07 Å². The largest absolute Gasteiger partial charge is 0.508 e. The molecule has 3 rings (SSSR count). The quantitative estimate of drug-likeness (QED) is 0.830. The lowest BCUT2D eigenvalue weighted by Crippen LogP contribution is -2.40. The number of likely N-dealkylation sites (tertiary alicyclic amines) is 1. The molecule has 1 aliphatic heterocycles. The maximum Gasteiger partial charge on any atom is 0.271 e. The Morgan fingerprint density at radius 1 is 1.23 bits per heavy atom. The van der Waals surface area contributed by atoms with Gasteiger partial charge in [0.2, 0.25) is 5.91 Å². The van der Waals surface area contributed by atoms with Crippen LogP contribution in [0, 0.1) is 5.92 Å². The Morgan fingerprint density at radius 3 is 2.59 bits per heavy atom. The van der Waals surface area contributed by atoms with Crippen molar-refractivity contribution in [2.75, 3.05) is 13.1 Å². The zero-order valence-corrected chi connectivity index (χ0v) is 12.3. The van der Waals surface area contributed by atoms with Crippen LogP contribution in [0.25, 0.3) is 0 Å². The van der Waals surface area contributed by atoms with Crippen LogP contribution in [0.4, 0.5) is 0 Å². The molecule has 1 aromatic carbocycles. The van der Waals surface area contributed by atoms with E-state index in [0.717, 1.165) is 18.6 Å². The molecule has 0 aromatic heterocycles. The number of phenols is 1. The third-order valence-electron chi connectivity index (χ3n) is 4.00. The number of carbonyl (C=O) groups excluding carboxylic acids is 2. The third-order valence-corrected chi connectivity index (χ3v) is 4.00. The predicted molar refractivity (Wildman–Crippen MR) is 81.5 cm³/mol. The van der Waals surface area contributed by atoms with Crippen molar-refractivity contribution >= 4 is 17.5 Å². The number of nitrogens with one attached hydrogen (secondary N) is 1. The molecule has 1 aliphatic carbocycles. The molecule has 6 nitrogen and oxygen atoms in total. The lowest BCUT2D eigenvalue weighted by molar-refractivity contribution is -0.132. The SMILES string of the molecule is O=C(NN=C1CCN(C(=O)C2CC2)CC1)c1cccc(O)c1. The van der Waals surface area contributed by atoms with Gasteiger partial charge in [0.05, 0.1) is 0 Å². The van der Waals surface area contributed by atoms with Gasteiger partial charge in [0.1, 0.15) is 5.75 Å². The second-order valence-electron chi connectivity index (χ2n) is 5.77. The highest BCUT2D eigenvalue weighted by molar-refractivity contribution is 5.96. The van der Waals surface area contributed by atoms with Crippen LogP contribution in [0.2, 0.25) is 0 Å². The summed E-state index contributed by atoms with van der Waals surface area (Å²) in [6.45, 7) is 1.35. The third kappa shape index (κ3) is 3.44. The second-order valence-corrected chi connectivity index (χ2v) is 5.77. The normalized spacial score (nSPS) is 18.0. The Bertz CT molecular complexity index is 613. The molecule has 22 heavy (non-hydrogen) atoms. The molecule has 0 atom stereocenters. The molecule has 1 saturated heterocycles. The Balaban J connectivity index is 1.51. The van der Waals surface area contributed by atoms with Crippen molar-refractivity contribution < 1.29 is 14.7 Å². The van der Waals surface area contributed by atoms with Gasteiger partial charge in [-0.25, -0.2) is 5.43 Å². The van der Waals surface area contributed by atoms with Gasteiger partial charge < -0.3 is 10.0 Å². The van der Waals surface area contributed by atoms with Crippen LogP contribution in [-0.2, 0) is 4.79 Å². The zero-order chi connectivity index (χ0) is 15.5. The first-order valence-electron chi connectivity index (χ1n) is 7.57. The number of nitrogens with zero attached hydrogens (tertiary/aromatic N) is 2. The van der Waals surface area contributed by atoms with E-state index in [0.29, 0.717) is 31.5 Å². The Hall–Kier alpha value is -2.37. The summed E-state index contributed by atoms with van der Waals surface area (Å²) in [7, 11) is 0. The van der Waals surface area contributed by atoms with Gasteiger partial charge in [0, 0.05) is 43.1 Å². The highest BCUT2D eigenvalue weighted by atomic mass is 16.3. The van der Waals surface area contributed by atoms with Crippen molar-refractivity contribution in [3.63, 3.8) is 0 Å². The Kier molecular flexibility index (Phi) is 4.09. The molecule has 2 fully saturated rings. The summed E-state index contributed by atoms with van der Waals surface area (Å²) in [4.78, 5) is 25.8. The van der Waals surface area contributed by atoms with E-state index in [1.807, 2.05) is 4.90 Å². The van der Waals surface area contributed by atoms with Crippen molar-refractivity contribution in [1.82, 2.24) is 10.3 Å². The minimum atomic E-state index is -0.347. The molecule has 2 amide bonds. The van der Waals surface area contributed by atoms with Crippen LogP contribution in [0.3, 0.4) is 0 Å². The number of rotatable bonds is 3. The molecule has 116 valence electrons. The molecule has 1 saturated carbocycles. The van der Waals surface area contributed by atoms with E-state index < -0.39 is 0 Å². The molecule has 6 heteroatoms. The molecule has 0 bridgehead atoms. The van der Waals surface area contributed by atoms with Crippen LogP contribution >= 0.6 is 0 Å². The van der Waals surface area contributed by atoms with Crippen LogP contribution < -0.4 is 5.43 Å². The summed E-state index contributed by atoms with van der Waals surface area (Å²) in [5.74, 6) is 0.221. The predicted octanol–water partition coefficient (Wildman–Crippen LogP) is 1.51. The maximum absolute atomic E-state index is 11.9. The molecule has 1 aromatic rings. The van der Waals surface area contributed by atoms with E-state index in [2.05, 4.69) is 10.5 Å². The summed E-state index contributed by atoms with van der Waals surface area (Å²) in [6.07, 6.45) is 3.43. The summed E-state index contributed by atoms with van der Waals surface area (Å²) in [5.41, 5.74) is 3.77. The standard InChI is InChI=1S/C16H19N3O3/c20-14-3-1-2-12(10-14)15(21)18-17-13-6-8-19(9-7-13)16(22)11-4-5-11/h1-3,10-11,20H,4-9H2,(H,18,21). The van der Waals surface area contributed by atoms with Gasteiger partial charge in [-0.2, -0.15) is 5.10 Å². The lowest BCUT2D eigenvalue weighted by atomic mass is 10.1. The number of carbonyl (C=O) groups is 2. The Morgan fingerprint density at radius 2 is 1.95 bits per heavy atom. The fraction of sp³-hybridized carbons (Fsp3) is 0.438. The second kappa shape index (κ2) is 6.17. The molecule has 2 aliphatic rings. The fourth-order valence-corrected chi connectivity index (χ4v) is 2.53. The summed E-state index contributed by atoms with van der Waals surface area (Å²) >= 11 is 0. The van der Waals surface area contributed by atoms with E-state index in [9.17, 15) is 14.7 Å². The lowest BCUT2D eigenvalue weighted by Gasteiger charge is -2.27. The average Bonchev–Trinajstić information content (AvgIpc) is 3.37. The smallest absolute Gasteiger partial charge is 0.271 e. The van der Waals surface area contributed by atoms with E-state index >= 15 is 0 Å². The van der Waals surface area contributed by atoms with Gasteiger partial charge in [-0.3, -0.25) is 9.59 Å². The van der Waals surface area contributed by atoms with E-state index in [1.54, 1.807) is 12.1 Å². The van der Waals surface area contributed by atoms with Crippen molar-refractivity contribution in [3.8, 4) is 5.75 Å². The number of amides is 2. The van der Waals surface area contributed by atoms with Crippen LogP contribution in [0.15, 0.2) is 29.4 Å².